The molecule has 0 atom stereocenters. The molecule has 0 amide bonds. The van der Waals surface area contributed by atoms with Gasteiger partial charge >= 0.3 is 0 Å². The number of benzene rings is 1. The van der Waals surface area contributed by atoms with Gasteiger partial charge in [0, 0.05) is 23.8 Å². The predicted octanol–water partition coefficient (Wildman–Crippen LogP) is 0.743. The van der Waals surface area contributed by atoms with Gasteiger partial charge < -0.3 is 4.90 Å². The quantitative estimate of drug-likeness (QED) is 0.603. The van der Waals surface area contributed by atoms with Crippen molar-refractivity contribution < 1.29 is 9.82 Å². The van der Waals surface area contributed by atoms with E-state index in [9.17, 15) is 14.9 Å². The van der Waals surface area contributed by atoms with Gasteiger partial charge in [-0.3, -0.25) is 14.9 Å². The molecular formula is C16H21N4O3+. The molecule has 0 unspecified atom stereocenters. The Hall–Kier alpha value is -2.54. The van der Waals surface area contributed by atoms with Crippen molar-refractivity contribution in [2.75, 3.05) is 19.6 Å². The maximum absolute atomic E-state index is 11.9. The summed E-state index contributed by atoms with van der Waals surface area (Å²) in [5, 5.41) is 15.1. The van der Waals surface area contributed by atoms with Crippen LogP contribution in [0.1, 0.15) is 13.8 Å². The van der Waals surface area contributed by atoms with Crippen molar-refractivity contribution in [3.63, 3.8) is 0 Å². The molecule has 0 aliphatic rings. The van der Waals surface area contributed by atoms with Crippen LogP contribution in [-0.2, 0) is 6.54 Å². The molecule has 0 spiro atoms. The summed E-state index contributed by atoms with van der Waals surface area (Å²) in [6, 6.07) is 9.29. The number of rotatable bonds is 7. The summed E-state index contributed by atoms with van der Waals surface area (Å²) in [5.74, 6) is 0. The molecule has 0 saturated carbocycles. The van der Waals surface area contributed by atoms with E-state index in [2.05, 4.69) is 18.9 Å². The zero-order valence-electron chi connectivity index (χ0n) is 13.4. The maximum atomic E-state index is 11.9. The summed E-state index contributed by atoms with van der Waals surface area (Å²) in [6.07, 6.45) is 0. The molecule has 1 heterocycles. The number of aromatic nitrogens is 2. The Morgan fingerprint density at radius 2 is 1.78 bits per heavy atom. The molecule has 1 aromatic carbocycles. The zero-order valence-corrected chi connectivity index (χ0v) is 13.4. The van der Waals surface area contributed by atoms with Gasteiger partial charge in [0.15, 0.2) is 0 Å². The Labute approximate surface area is 134 Å². The molecule has 0 aliphatic heterocycles. The lowest BCUT2D eigenvalue weighted by atomic mass is 10.1. The fraction of sp³-hybridized carbons (Fsp3) is 0.375. The molecule has 122 valence electrons. The third kappa shape index (κ3) is 4.23. The first kappa shape index (κ1) is 16.8. The fourth-order valence-corrected chi connectivity index (χ4v) is 2.38. The number of hydrogen-bond donors (Lipinski definition) is 1. The second kappa shape index (κ2) is 7.64. The second-order valence-electron chi connectivity index (χ2n) is 5.29. The van der Waals surface area contributed by atoms with Gasteiger partial charge in [0.1, 0.15) is 0 Å². The minimum Gasteiger partial charge on any atom is -0.334 e. The van der Waals surface area contributed by atoms with Gasteiger partial charge in [-0.15, -0.1) is 0 Å². The summed E-state index contributed by atoms with van der Waals surface area (Å²) in [7, 11) is 0. The van der Waals surface area contributed by atoms with Gasteiger partial charge in [0.2, 0.25) is 0 Å². The molecule has 0 saturated heterocycles. The van der Waals surface area contributed by atoms with Crippen LogP contribution in [0.15, 0.2) is 41.2 Å². The highest BCUT2D eigenvalue weighted by atomic mass is 16.6. The molecule has 7 heteroatoms. The van der Waals surface area contributed by atoms with E-state index >= 15 is 0 Å². The Balaban J connectivity index is 2.22. The van der Waals surface area contributed by atoms with E-state index in [-0.39, 0.29) is 11.2 Å². The van der Waals surface area contributed by atoms with Gasteiger partial charge in [0.05, 0.1) is 36.8 Å². The molecule has 2 rings (SSSR count). The molecule has 1 N–H and O–H groups in total. The highest BCUT2D eigenvalue weighted by molar-refractivity contribution is 5.60. The summed E-state index contributed by atoms with van der Waals surface area (Å²) >= 11 is 0. The second-order valence-corrected chi connectivity index (χ2v) is 5.29. The van der Waals surface area contributed by atoms with E-state index in [0.717, 1.165) is 25.2 Å². The number of non-ortho nitro benzene ring substituents is 1. The molecule has 0 aliphatic carbocycles. The van der Waals surface area contributed by atoms with Crippen LogP contribution in [0.3, 0.4) is 0 Å². The van der Waals surface area contributed by atoms with Crippen LogP contribution in [-0.4, -0.2) is 34.3 Å². The van der Waals surface area contributed by atoms with Gasteiger partial charge in [-0.05, 0) is 32.0 Å². The van der Waals surface area contributed by atoms with Gasteiger partial charge in [-0.2, -0.15) is 5.10 Å². The van der Waals surface area contributed by atoms with Crippen molar-refractivity contribution in [3.8, 4) is 11.3 Å². The number of hydrogen-bond acceptors (Lipinski definition) is 4. The first-order valence-corrected chi connectivity index (χ1v) is 7.71. The van der Waals surface area contributed by atoms with Crippen LogP contribution in [0.5, 0.6) is 0 Å². The third-order valence-electron chi connectivity index (χ3n) is 3.92. The predicted molar refractivity (Wildman–Crippen MR) is 87.5 cm³/mol. The molecule has 2 aromatic rings. The van der Waals surface area contributed by atoms with Crippen molar-refractivity contribution in [2.24, 2.45) is 0 Å². The molecule has 7 nitrogen and oxygen atoms in total. The molecule has 1 aromatic heterocycles. The summed E-state index contributed by atoms with van der Waals surface area (Å²) in [5.41, 5.74) is 1.28. The monoisotopic (exact) mass is 317 g/mol. The van der Waals surface area contributed by atoms with E-state index in [4.69, 9.17) is 0 Å². The smallest absolute Gasteiger partial charge is 0.269 e. The normalized spacial score (nSPS) is 10.9. The molecular weight excluding hydrogens is 296 g/mol. The highest BCUT2D eigenvalue weighted by Crippen LogP contribution is 2.19. The average molecular weight is 317 g/mol. The number of nitro groups is 1. The number of nitro benzene ring substituents is 1. The lowest BCUT2D eigenvalue weighted by Gasteiger charge is -2.15. The van der Waals surface area contributed by atoms with Crippen molar-refractivity contribution in [1.29, 1.82) is 0 Å². The van der Waals surface area contributed by atoms with E-state index < -0.39 is 4.92 Å². The van der Waals surface area contributed by atoms with E-state index in [1.165, 1.54) is 27.8 Å². The average Bonchev–Trinajstić information content (AvgIpc) is 2.57. The largest absolute Gasteiger partial charge is 0.334 e. The number of nitrogens with zero attached hydrogens (tertiary/aromatic N) is 3. The topological polar surface area (TPSA) is 82.5 Å². The van der Waals surface area contributed by atoms with Crippen LogP contribution < -0.4 is 10.5 Å². The first-order chi connectivity index (χ1) is 11.0. The van der Waals surface area contributed by atoms with Crippen LogP contribution in [0.4, 0.5) is 5.69 Å². The van der Waals surface area contributed by atoms with Crippen LogP contribution in [0.25, 0.3) is 11.3 Å². The Morgan fingerprint density at radius 3 is 2.35 bits per heavy atom. The summed E-state index contributed by atoms with van der Waals surface area (Å²) in [4.78, 5) is 23.6. The molecule has 23 heavy (non-hydrogen) atoms. The lowest BCUT2D eigenvalue weighted by Crippen LogP contribution is -3.11. The minimum atomic E-state index is -0.439. The van der Waals surface area contributed by atoms with E-state index in [1.807, 2.05) is 0 Å². The maximum Gasteiger partial charge on any atom is 0.269 e. The number of nitrogens with one attached hydrogen (secondary N) is 1. The minimum absolute atomic E-state index is 0.0344. The van der Waals surface area contributed by atoms with Crippen molar-refractivity contribution in [2.45, 2.75) is 20.4 Å². The number of quaternary nitrogens is 1. The fourth-order valence-electron chi connectivity index (χ4n) is 2.38. The summed E-state index contributed by atoms with van der Waals surface area (Å²) < 4.78 is 1.46. The standard InChI is InChI=1S/C16H20N4O3/c1-3-18(4-2)11-12-19-16(21)10-9-15(17-19)13-5-7-14(8-6-13)20(22)23/h5-10H,3-4,11-12H2,1-2H3/p+1. The zero-order chi connectivity index (χ0) is 16.8. The van der Waals surface area contributed by atoms with Crippen LogP contribution >= 0.6 is 0 Å². The Kier molecular flexibility index (Phi) is 5.59. The van der Waals surface area contributed by atoms with Crippen molar-refractivity contribution >= 4 is 5.69 Å². The SMILES string of the molecule is CC[NH+](CC)CCn1nc(-c2ccc([N+](=O)[O-])cc2)ccc1=O. The van der Waals surface area contributed by atoms with E-state index in [1.54, 1.807) is 18.2 Å². The molecule has 0 bridgehead atoms. The van der Waals surface area contributed by atoms with Crippen LogP contribution in [0, 0.1) is 10.1 Å². The van der Waals surface area contributed by atoms with E-state index in [0.29, 0.717) is 12.2 Å². The molecule has 0 fully saturated rings. The first-order valence-electron chi connectivity index (χ1n) is 7.71. The summed E-state index contributed by atoms with van der Waals surface area (Å²) in [6.45, 7) is 7.63. The number of likely N-dealkylation sites (N-methyl/N-ethyl adjacent to an activating group) is 1. The Bertz CT molecular complexity index is 721. The lowest BCUT2D eigenvalue weighted by molar-refractivity contribution is -0.897. The Morgan fingerprint density at radius 1 is 1.13 bits per heavy atom. The van der Waals surface area contributed by atoms with Crippen molar-refractivity contribution in [3.05, 3.63) is 56.9 Å². The van der Waals surface area contributed by atoms with Gasteiger partial charge in [-0.1, -0.05) is 0 Å². The van der Waals surface area contributed by atoms with Crippen molar-refractivity contribution in [1.82, 2.24) is 9.78 Å². The van der Waals surface area contributed by atoms with Gasteiger partial charge in [-0.25, -0.2) is 4.68 Å². The highest BCUT2D eigenvalue weighted by Gasteiger charge is 2.09. The van der Waals surface area contributed by atoms with Crippen LogP contribution in [0.2, 0.25) is 0 Å². The third-order valence-corrected chi connectivity index (χ3v) is 3.92. The molecule has 0 radical (unpaired) electrons. The van der Waals surface area contributed by atoms with Gasteiger partial charge in [0.25, 0.3) is 11.2 Å².